The first-order valence-corrected chi connectivity index (χ1v) is 9.07. The van der Waals surface area contributed by atoms with Gasteiger partial charge < -0.3 is 5.11 Å². The van der Waals surface area contributed by atoms with Crippen molar-refractivity contribution >= 4 is 0 Å². The average Bonchev–Trinajstić information content (AvgIpc) is 2.40. The van der Waals surface area contributed by atoms with Crippen LogP contribution in [0, 0.1) is 5.92 Å². The molecule has 2 nitrogen and oxygen atoms in total. The van der Waals surface area contributed by atoms with Crippen molar-refractivity contribution in [2.75, 3.05) is 13.1 Å². The zero-order valence-electron chi connectivity index (χ0n) is 16.2. The van der Waals surface area contributed by atoms with Crippen LogP contribution in [0.5, 0.6) is 5.75 Å². The molecule has 1 aliphatic rings. The smallest absolute Gasteiger partial charge is 0.123 e. The maximum atomic E-state index is 10.8. The van der Waals surface area contributed by atoms with Crippen LogP contribution in [0.25, 0.3) is 0 Å². The van der Waals surface area contributed by atoms with E-state index in [0.29, 0.717) is 5.75 Å². The van der Waals surface area contributed by atoms with Crippen molar-refractivity contribution in [2.45, 2.75) is 78.7 Å². The summed E-state index contributed by atoms with van der Waals surface area (Å²) >= 11 is 0. The van der Waals surface area contributed by atoms with Gasteiger partial charge in [-0.15, -0.1) is 0 Å². The third-order valence-electron chi connectivity index (χ3n) is 5.07. The van der Waals surface area contributed by atoms with E-state index in [9.17, 15) is 5.11 Å². The Kier molecular flexibility index (Phi) is 5.15. The number of likely N-dealkylation sites (tertiary alicyclic amines) is 1. The Morgan fingerprint density at radius 3 is 1.78 bits per heavy atom. The van der Waals surface area contributed by atoms with Crippen LogP contribution in [0.2, 0.25) is 0 Å². The number of phenols is 1. The summed E-state index contributed by atoms with van der Waals surface area (Å²) in [7, 11) is 0. The topological polar surface area (TPSA) is 23.5 Å². The number of hydrogen-bond donors (Lipinski definition) is 1. The van der Waals surface area contributed by atoms with Crippen molar-refractivity contribution < 1.29 is 5.11 Å². The van der Waals surface area contributed by atoms with E-state index >= 15 is 0 Å². The van der Waals surface area contributed by atoms with E-state index < -0.39 is 0 Å². The maximum Gasteiger partial charge on any atom is 0.123 e. The molecule has 0 bridgehead atoms. The molecule has 2 rings (SSSR count). The molecule has 0 radical (unpaired) electrons. The van der Waals surface area contributed by atoms with E-state index in [-0.39, 0.29) is 10.8 Å². The lowest BCUT2D eigenvalue weighted by Gasteiger charge is -2.32. The van der Waals surface area contributed by atoms with Crippen LogP contribution in [-0.4, -0.2) is 23.1 Å². The van der Waals surface area contributed by atoms with Crippen LogP contribution in [0.15, 0.2) is 12.1 Å². The summed E-state index contributed by atoms with van der Waals surface area (Å²) < 4.78 is 0. The molecule has 130 valence electrons. The predicted molar refractivity (Wildman–Crippen MR) is 99.2 cm³/mol. The molecule has 1 heterocycles. The molecule has 1 aromatic rings. The normalized spacial score (nSPS) is 18.4. The fourth-order valence-corrected chi connectivity index (χ4v) is 3.41. The number of aromatic hydroxyl groups is 1. The summed E-state index contributed by atoms with van der Waals surface area (Å²) in [6.45, 7) is 18.8. The predicted octanol–water partition coefficient (Wildman–Crippen LogP) is 5.22. The highest BCUT2D eigenvalue weighted by Gasteiger charge is 2.27. The van der Waals surface area contributed by atoms with Crippen molar-refractivity contribution in [1.82, 2.24) is 4.90 Å². The maximum absolute atomic E-state index is 10.8. The SMILES string of the molecule is CC1CCN(Cc2cc(C(C)(C)C)c(O)c(C(C)(C)C)c2)CC1. The lowest BCUT2D eigenvalue weighted by Crippen LogP contribution is -2.32. The molecule has 1 fully saturated rings. The lowest BCUT2D eigenvalue weighted by molar-refractivity contribution is 0.185. The first kappa shape index (κ1) is 18.3. The third kappa shape index (κ3) is 4.50. The van der Waals surface area contributed by atoms with Crippen LogP contribution >= 0.6 is 0 Å². The summed E-state index contributed by atoms with van der Waals surface area (Å²) in [5, 5.41) is 10.8. The van der Waals surface area contributed by atoms with Crippen molar-refractivity contribution in [3.05, 3.63) is 28.8 Å². The summed E-state index contributed by atoms with van der Waals surface area (Å²) in [5.74, 6) is 1.35. The number of hydrogen-bond acceptors (Lipinski definition) is 2. The zero-order chi connectivity index (χ0) is 17.4. The molecule has 0 spiro atoms. The number of benzene rings is 1. The lowest BCUT2D eigenvalue weighted by atomic mass is 9.78. The number of piperidine rings is 1. The number of nitrogens with zero attached hydrogens (tertiary/aromatic N) is 1. The van der Waals surface area contributed by atoms with Gasteiger partial charge in [-0.1, -0.05) is 60.6 Å². The minimum Gasteiger partial charge on any atom is -0.507 e. The van der Waals surface area contributed by atoms with Crippen LogP contribution in [0.1, 0.15) is 78.0 Å². The number of phenolic OH excluding ortho intramolecular Hbond substituents is 1. The molecule has 0 amide bonds. The summed E-state index contributed by atoms with van der Waals surface area (Å²) in [6, 6.07) is 4.45. The molecular weight excluding hydrogens is 282 g/mol. The highest BCUT2D eigenvalue weighted by molar-refractivity contribution is 5.49. The Morgan fingerprint density at radius 2 is 1.39 bits per heavy atom. The van der Waals surface area contributed by atoms with E-state index in [1.807, 2.05) is 0 Å². The monoisotopic (exact) mass is 317 g/mol. The first-order chi connectivity index (χ1) is 10.5. The van der Waals surface area contributed by atoms with Crippen LogP contribution in [0.4, 0.5) is 0 Å². The Hall–Kier alpha value is -1.02. The van der Waals surface area contributed by atoms with E-state index in [2.05, 4.69) is 65.5 Å². The molecule has 0 atom stereocenters. The molecule has 0 saturated carbocycles. The highest BCUT2D eigenvalue weighted by Crippen LogP contribution is 2.40. The largest absolute Gasteiger partial charge is 0.507 e. The minimum absolute atomic E-state index is 0.0451. The molecule has 23 heavy (non-hydrogen) atoms. The molecule has 0 unspecified atom stereocenters. The van der Waals surface area contributed by atoms with E-state index in [1.165, 1.54) is 31.5 Å². The molecule has 1 N–H and O–H groups in total. The van der Waals surface area contributed by atoms with Crippen LogP contribution in [0.3, 0.4) is 0 Å². The number of rotatable bonds is 2. The highest BCUT2D eigenvalue weighted by atomic mass is 16.3. The van der Waals surface area contributed by atoms with Crippen LogP contribution < -0.4 is 0 Å². The summed E-state index contributed by atoms with van der Waals surface area (Å²) in [6.07, 6.45) is 2.60. The quantitative estimate of drug-likeness (QED) is 0.808. The summed E-state index contributed by atoms with van der Waals surface area (Å²) in [4.78, 5) is 2.56. The molecule has 1 aromatic carbocycles. The van der Waals surface area contributed by atoms with Crippen molar-refractivity contribution in [2.24, 2.45) is 5.92 Å². The van der Waals surface area contributed by atoms with Gasteiger partial charge in [-0.25, -0.2) is 0 Å². The molecule has 0 aromatic heterocycles. The van der Waals surface area contributed by atoms with Gasteiger partial charge in [-0.05, 0) is 59.4 Å². The Labute approximate surface area is 142 Å². The summed E-state index contributed by atoms with van der Waals surface area (Å²) in [5.41, 5.74) is 3.40. The van der Waals surface area contributed by atoms with Gasteiger partial charge in [-0.2, -0.15) is 0 Å². The third-order valence-corrected chi connectivity index (χ3v) is 5.07. The Balaban J connectivity index is 2.36. The van der Waals surface area contributed by atoms with Gasteiger partial charge in [0.25, 0.3) is 0 Å². The van der Waals surface area contributed by atoms with E-state index in [1.54, 1.807) is 0 Å². The van der Waals surface area contributed by atoms with Gasteiger partial charge in [0.05, 0.1) is 0 Å². The van der Waals surface area contributed by atoms with Crippen molar-refractivity contribution in [3.8, 4) is 5.75 Å². The Morgan fingerprint density at radius 1 is 0.957 bits per heavy atom. The van der Waals surface area contributed by atoms with Gasteiger partial charge in [0, 0.05) is 6.54 Å². The van der Waals surface area contributed by atoms with E-state index in [4.69, 9.17) is 0 Å². The second-order valence-corrected chi connectivity index (χ2v) is 9.50. The molecule has 1 aliphatic heterocycles. The fourth-order valence-electron chi connectivity index (χ4n) is 3.41. The molecule has 0 aliphatic carbocycles. The van der Waals surface area contributed by atoms with Crippen LogP contribution in [-0.2, 0) is 17.4 Å². The molecular formula is C21H35NO. The fraction of sp³-hybridized carbons (Fsp3) is 0.714. The van der Waals surface area contributed by atoms with Gasteiger partial charge >= 0.3 is 0 Å². The zero-order valence-corrected chi connectivity index (χ0v) is 16.2. The van der Waals surface area contributed by atoms with E-state index in [0.717, 1.165) is 23.6 Å². The van der Waals surface area contributed by atoms with Crippen molar-refractivity contribution in [3.63, 3.8) is 0 Å². The van der Waals surface area contributed by atoms with Gasteiger partial charge in [0.1, 0.15) is 5.75 Å². The second-order valence-electron chi connectivity index (χ2n) is 9.50. The van der Waals surface area contributed by atoms with Gasteiger partial charge in [0.15, 0.2) is 0 Å². The van der Waals surface area contributed by atoms with Gasteiger partial charge in [-0.3, -0.25) is 4.90 Å². The minimum atomic E-state index is -0.0451. The van der Waals surface area contributed by atoms with Gasteiger partial charge in [0.2, 0.25) is 0 Å². The second kappa shape index (κ2) is 6.47. The molecule has 2 heteroatoms. The Bertz CT molecular complexity index is 505. The average molecular weight is 318 g/mol. The molecule has 1 saturated heterocycles. The van der Waals surface area contributed by atoms with Crippen molar-refractivity contribution in [1.29, 1.82) is 0 Å². The first-order valence-electron chi connectivity index (χ1n) is 9.07. The standard InChI is InChI=1S/C21H35NO/c1-15-8-10-22(11-9-15)14-16-12-17(20(2,3)4)19(23)18(13-16)21(5,6)7/h12-13,15,23H,8-11,14H2,1-7H3.